The van der Waals surface area contributed by atoms with Crippen LogP contribution in [0, 0.1) is 6.92 Å². The lowest BCUT2D eigenvalue weighted by molar-refractivity contribution is 0.0638. The van der Waals surface area contributed by atoms with Gasteiger partial charge < -0.3 is 9.47 Å². The van der Waals surface area contributed by atoms with E-state index < -0.39 is 11.9 Å². The second-order valence-electron chi connectivity index (χ2n) is 7.45. The number of aryl methyl sites for hydroxylation is 1. The number of nitrogens with zero attached hydrogens (tertiary/aromatic N) is 1. The molecule has 6 heteroatoms. The van der Waals surface area contributed by atoms with Crippen molar-refractivity contribution in [1.82, 2.24) is 4.90 Å². The number of fused-ring (bicyclic) bond motifs is 1. The molecule has 0 aliphatic carbocycles. The first kappa shape index (κ1) is 20.7. The summed E-state index contributed by atoms with van der Waals surface area (Å²) >= 11 is 0. The van der Waals surface area contributed by atoms with Crippen molar-refractivity contribution in [2.24, 2.45) is 0 Å². The Morgan fingerprint density at radius 1 is 1.03 bits per heavy atom. The van der Waals surface area contributed by atoms with Gasteiger partial charge in [0.2, 0.25) is 0 Å². The third-order valence-corrected chi connectivity index (χ3v) is 4.93. The lowest BCUT2D eigenvalue weighted by Gasteiger charge is -2.14. The molecule has 0 spiro atoms. The fraction of sp³-hybridized carbons (Fsp3) is 0.348. The molecule has 3 rings (SSSR count). The summed E-state index contributed by atoms with van der Waals surface area (Å²) in [7, 11) is 1.57. The molecule has 6 nitrogen and oxygen atoms in total. The Bertz CT molecular complexity index is 964. The van der Waals surface area contributed by atoms with Crippen LogP contribution < -0.4 is 4.74 Å². The number of hydrogen-bond acceptors (Lipinski definition) is 5. The van der Waals surface area contributed by atoms with E-state index in [2.05, 4.69) is 0 Å². The minimum Gasteiger partial charge on any atom is -0.423 e. The van der Waals surface area contributed by atoms with Crippen LogP contribution in [0.4, 0.5) is 0 Å². The van der Waals surface area contributed by atoms with Gasteiger partial charge in [-0.1, -0.05) is 26.0 Å². The molecule has 1 aliphatic heterocycles. The van der Waals surface area contributed by atoms with Crippen molar-refractivity contribution in [2.45, 2.75) is 33.1 Å². The molecule has 0 radical (unpaired) electrons. The van der Waals surface area contributed by atoms with E-state index in [0.29, 0.717) is 24.3 Å². The molecule has 2 amide bonds. The van der Waals surface area contributed by atoms with E-state index in [-0.39, 0.29) is 29.5 Å². The molecule has 2 aromatic carbocycles. The van der Waals surface area contributed by atoms with Crippen LogP contribution in [0.5, 0.6) is 5.75 Å². The summed E-state index contributed by atoms with van der Waals surface area (Å²) in [6, 6.07) is 10.2. The zero-order valence-corrected chi connectivity index (χ0v) is 17.2. The normalized spacial score (nSPS) is 13.2. The number of benzene rings is 2. The largest absolute Gasteiger partial charge is 0.423 e. The Labute approximate surface area is 170 Å². The Balaban J connectivity index is 1.83. The molecule has 2 aromatic rings. The maximum absolute atomic E-state index is 12.7. The van der Waals surface area contributed by atoms with Crippen molar-refractivity contribution in [3.05, 3.63) is 64.2 Å². The SMILES string of the molecule is COCCCN1C(=O)c2ccc(C(=O)Oc3cc(C)ccc3C(C)C)cc2C1=O. The van der Waals surface area contributed by atoms with Gasteiger partial charge >= 0.3 is 5.97 Å². The standard InChI is InChI=1S/C23H25NO5/c1-14(2)17-8-6-15(3)12-20(17)29-23(27)16-7-9-18-19(13-16)22(26)24(21(18)25)10-5-11-28-4/h6-9,12-14H,5,10-11H2,1-4H3. The molecule has 152 valence electrons. The summed E-state index contributed by atoms with van der Waals surface area (Å²) in [6.07, 6.45) is 0.558. The molecule has 0 saturated heterocycles. The fourth-order valence-corrected chi connectivity index (χ4v) is 3.35. The van der Waals surface area contributed by atoms with Gasteiger partial charge in [0.1, 0.15) is 5.75 Å². The molecule has 1 aliphatic rings. The van der Waals surface area contributed by atoms with Crippen molar-refractivity contribution < 1.29 is 23.9 Å². The molecule has 0 atom stereocenters. The highest BCUT2D eigenvalue weighted by Crippen LogP contribution is 2.29. The predicted octanol–water partition coefficient (Wildman–Crippen LogP) is 3.97. The van der Waals surface area contributed by atoms with Gasteiger partial charge in [-0.05, 0) is 54.7 Å². The molecule has 0 saturated carbocycles. The van der Waals surface area contributed by atoms with Gasteiger partial charge in [0.25, 0.3) is 11.8 Å². The van der Waals surface area contributed by atoms with Gasteiger partial charge in [-0.3, -0.25) is 14.5 Å². The minimum absolute atomic E-state index is 0.193. The maximum atomic E-state index is 12.7. The third-order valence-electron chi connectivity index (χ3n) is 4.93. The quantitative estimate of drug-likeness (QED) is 0.307. The third kappa shape index (κ3) is 4.22. The van der Waals surface area contributed by atoms with Crippen LogP contribution in [-0.4, -0.2) is 42.9 Å². The van der Waals surface area contributed by atoms with Crippen molar-refractivity contribution >= 4 is 17.8 Å². The van der Waals surface area contributed by atoms with Gasteiger partial charge in [0, 0.05) is 20.3 Å². The summed E-state index contributed by atoms with van der Waals surface area (Å²) in [5.41, 5.74) is 2.69. The van der Waals surface area contributed by atoms with E-state index in [1.165, 1.54) is 23.1 Å². The van der Waals surface area contributed by atoms with Crippen LogP contribution in [0.2, 0.25) is 0 Å². The molecule has 0 unspecified atom stereocenters. The highest BCUT2D eigenvalue weighted by atomic mass is 16.5. The number of carbonyl (C=O) groups is 3. The molecule has 0 bridgehead atoms. The van der Waals surface area contributed by atoms with Gasteiger partial charge in [0.05, 0.1) is 16.7 Å². The van der Waals surface area contributed by atoms with E-state index in [4.69, 9.17) is 9.47 Å². The number of carbonyl (C=O) groups excluding carboxylic acids is 3. The van der Waals surface area contributed by atoms with E-state index in [1.54, 1.807) is 7.11 Å². The monoisotopic (exact) mass is 395 g/mol. The molecule has 0 N–H and O–H groups in total. The van der Waals surface area contributed by atoms with Crippen LogP contribution >= 0.6 is 0 Å². The average molecular weight is 395 g/mol. The Hall–Kier alpha value is -2.99. The van der Waals surface area contributed by atoms with E-state index >= 15 is 0 Å². The molecule has 29 heavy (non-hydrogen) atoms. The minimum atomic E-state index is -0.557. The lowest BCUT2D eigenvalue weighted by Crippen LogP contribution is -2.31. The van der Waals surface area contributed by atoms with Crippen molar-refractivity contribution in [3.63, 3.8) is 0 Å². The zero-order chi connectivity index (χ0) is 21.1. The summed E-state index contributed by atoms with van der Waals surface area (Å²) in [5, 5.41) is 0. The molecular formula is C23H25NO5. The number of hydrogen-bond donors (Lipinski definition) is 0. The van der Waals surface area contributed by atoms with Crippen LogP contribution in [0.1, 0.15) is 68.4 Å². The smallest absolute Gasteiger partial charge is 0.343 e. The van der Waals surface area contributed by atoms with E-state index in [9.17, 15) is 14.4 Å². The van der Waals surface area contributed by atoms with Gasteiger partial charge in [-0.15, -0.1) is 0 Å². The number of esters is 1. The summed E-state index contributed by atoms with van der Waals surface area (Å²) in [5.74, 6) is -0.596. The molecule has 1 heterocycles. The topological polar surface area (TPSA) is 72.9 Å². The number of imide groups is 1. The van der Waals surface area contributed by atoms with Crippen LogP contribution in [-0.2, 0) is 4.74 Å². The van der Waals surface area contributed by atoms with Crippen molar-refractivity contribution in [1.29, 1.82) is 0 Å². The first-order chi connectivity index (χ1) is 13.8. The number of rotatable bonds is 7. The van der Waals surface area contributed by atoms with E-state index in [1.807, 2.05) is 39.0 Å². The van der Waals surface area contributed by atoms with Crippen LogP contribution in [0.15, 0.2) is 36.4 Å². The number of amides is 2. The summed E-state index contributed by atoms with van der Waals surface area (Å²) in [6.45, 7) is 6.72. The second kappa shape index (κ2) is 8.57. The van der Waals surface area contributed by atoms with Gasteiger partial charge in [0.15, 0.2) is 0 Å². The maximum Gasteiger partial charge on any atom is 0.343 e. The van der Waals surface area contributed by atoms with Crippen molar-refractivity contribution in [3.8, 4) is 5.75 Å². The average Bonchev–Trinajstić information content (AvgIpc) is 2.92. The van der Waals surface area contributed by atoms with Crippen molar-refractivity contribution in [2.75, 3.05) is 20.3 Å². The second-order valence-corrected chi connectivity index (χ2v) is 7.45. The summed E-state index contributed by atoms with van der Waals surface area (Å²) in [4.78, 5) is 39.0. The molecule has 0 aromatic heterocycles. The Kier molecular flexibility index (Phi) is 6.13. The predicted molar refractivity (Wildman–Crippen MR) is 109 cm³/mol. The van der Waals surface area contributed by atoms with E-state index in [0.717, 1.165) is 11.1 Å². The first-order valence-electron chi connectivity index (χ1n) is 9.65. The molecule has 0 fully saturated rings. The molecular weight excluding hydrogens is 370 g/mol. The lowest BCUT2D eigenvalue weighted by atomic mass is 10.0. The highest BCUT2D eigenvalue weighted by Gasteiger charge is 2.35. The summed E-state index contributed by atoms with van der Waals surface area (Å²) < 4.78 is 10.6. The van der Waals surface area contributed by atoms with Gasteiger partial charge in [-0.25, -0.2) is 4.79 Å². The first-order valence-corrected chi connectivity index (χ1v) is 9.65. The number of ether oxygens (including phenoxy) is 2. The zero-order valence-electron chi connectivity index (χ0n) is 17.2. The van der Waals surface area contributed by atoms with Crippen LogP contribution in [0.25, 0.3) is 0 Å². The number of methoxy groups -OCH3 is 1. The van der Waals surface area contributed by atoms with Crippen LogP contribution in [0.3, 0.4) is 0 Å². The Morgan fingerprint density at radius 3 is 2.45 bits per heavy atom. The highest BCUT2D eigenvalue weighted by molar-refractivity contribution is 6.22. The Morgan fingerprint density at radius 2 is 1.76 bits per heavy atom. The fourth-order valence-electron chi connectivity index (χ4n) is 3.35. The van der Waals surface area contributed by atoms with Gasteiger partial charge in [-0.2, -0.15) is 0 Å².